The molecule has 32 heavy (non-hydrogen) atoms. The third-order valence-corrected chi connectivity index (χ3v) is 5.67. The Bertz CT molecular complexity index is 1280. The van der Waals surface area contributed by atoms with Gasteiger partial charge in [0.2, 0.25) is 0 Å². The summed E-state index contributed by atoms with van der Waals surface area (Å²) in [6.45, 7) is 5.33. The van der Waals surface area contributed by atoms with Gasteiger partial charge in [0.05, 0.1) is 35.3 Å². The number of urea groups is 1. The summed E-state index contributed by atoms with van der Waals surface area (Å²) in [5.41, 5.74) is 3.52. The van der Waals surface area contributed by atoms with Crippen LogP contribution in [-0.2, 0) is 0 Å². The standard InChI is InChI=1S/C22H24N8O2/c1-13-6-16(4-5-23-13)30-20-10-24-21(8-15(20)9-25-30)27-22(31)26-19-12-29(3)11-17(19)18-7-14(2)32-28-18/h4-10,17,19H,11-12H2,1-3H3,(H2,24,26,27,31)/t17-,19+/m1/s1. The third-order valence-electron chi connectivity index (χ3n) is 5.67. The van der Waals surface area contributed by atoms with Gasteiger partial charge >= 0.3 is 6.03 Å². The van der Waals surface area contributed by atoms with E-state index in [-0.39, 0.29) is 18.0 Å². The second-order valence-corrected chi connectivity index (χ2v) is 8.24. The van der Waals surface area contributed by atoms with Crippen LogP contribution in [0.1, 0.15) is 23.1 Å². The Labute approximate surface area is 184 Å². The van der Waals surface area contributed by atoms with Crippen molar-refractivity contribution in [3.63, 3.8) is 0 Å². The van der Waals surface area contributed by atoms with Crippen molar-refractivity contribution in [2.75, 3.05) is 25.5 Å². The summed E-state index contributed by atoms with van der Waals surface area (Å²) >= 11 is 0. The lowest BCUT2D eigenvalue weighted by atomic mass is 10.00. The van der Waals surface area contributed by atoms with Gasteiger partial charge in [-0.05, 0) is 39.1 Å². The Kier molecular flexibility index (Phi) is 5.06. The summed E-state index contributed by atoms with van der Waals surface area (Å²) in [5, 5.41) is 15.4. The number of pyridine rings is 2. The van der Waals surface area contributed by atoms with Crippen LogP contribution in [-0.4, -0.2) is 62.0 Å². The molecule has 0 aliphatic carbocycles. The van der Waals surface area contributed by atoms with Gasteiger partial charge in [-0.1, -0.05) is 5.16 Å². The maximum atomic E-state index is 12.7. The molecule has 0 spiro atoms. The molecule has 10 heteroatoms. The van der Waals surface area contributed by atoms with Gasteiger partial charge in [0.1, 0.15) is 11.6 Å². The maximum absolute atomic E-state index is 12.7. The monoisotopic (exact) mass is 432 g/mol. The third kappa shape index (κ3) is 3.92. The van der Waals surface area contributed by atoms with Crippen LogP contribution in [0.4, 0.5) is 10.6 Å². The van der Waals surface area contributed by atoms with Crippen molar-refractivity contribution in [1.82, 2.24) is 35.1 Å². The van der Waals surface area contributed by atoms with Gasteiger partial charge in [0, 0.05) is 42.4 Å². The fourth-order valence-electron chi connectivity index (χ4n) is 4.19. The van der Waals surface area contributed by atoms with Crippen molar-refractivity contribution in [2.24, 2.45) is 0 Å². The van der Waals surface area contributed by atoms with E-state index in [0.717, 1.165) is 46.8 Å². The number of hydrogen-bond donors (Lipinski definition) is 2. The minimum Gasteiger partial charge on any atom is -0.361 e. The number of carbonyl (C=O) groups is 1. The predicted octanol–water partition coefficient (Wildman–Crippen LogP) is 2.64. The first-order valence-corrected chi connectivity index (χ1v) is 10.4. The average Bonchev–Trinajstić information content (AvgIpc) is 3.46. The first-order chi connectivity index (χ1) is 15.5. The molecule has 0 unspecified atom stereocenters. The minimum atomic E-state index is -0.306. The van der Waals surface area contributed by atoms with Gasteiger partial charge in [-0.25, -0.2) is 14.5 Å². The fraction of sp³-hybridized carbons (Fsp3) is 0.318. The van der Waals surface area contributed by atoms with Gasteiger partial charge in [0.15, 0.2) is 0 Å². The largest absolute Gasteiger partial charge is 0.361 e. The number of rotatable bonds is 4. The topological polar surface area (TPSA) is 114 Å². The highest BCUT2D eigenvalue weighted by molar-refractivity contribution is 5.91. The zero-order valence-corrected chi connectivity index (χ0v) is 18.1. The molecule has 0 saturated carbocycles. The van der Waals surface area contributed by atoms with E-state index in [2.05, 4.69) is 35.8 Å². The predicted molar refractivity (Wildman–Crippen MR) is 119 cm³/mol. The summed E-state index contributed by atoms with van der Waals surface area (Å²) in [7, 11) is 2.02. The number of fused-ring (bicyclic) bond motifs is 1. The van der Waals surface area contributed by atoms with Crippen molar-refractivity contribution in [2.45, 2.75) is 25.8 Å². The highest BCUT2D eigenvalue weighted by atomic mass is 16.5. The lowest BCUT2D eigenvalue weighted by molar-refractivity contribution is 0.247. The van der Waals surface area contributed by atoms with Gasteiger partial charge in [-0.15, -0.1) is 0 Å². The van der Waals surface area contributed by atoms with Crippen LogP contribution in [0.3, 0.4) is 0 Å². The molecule has 0 aromatic carbocycles. The number of nitrogens with zero attached hydrogens (tertiary/aromatic N) is 6. The van der Waals surface area contributed by atoms with Crippen LogP contribution in [0.15, 0.2) is 47.4 Å². The van der Waals surface area contributed by atoms with E-state index in [0.29, 0.717) is 5.82 Å². The van der Waals surface area contributed by atoms with Crippen LogP contribution in [0.2, 0.25) is 0 Å². The number of aromatic nitrogens is 5. The van der Waals surface area contributed by atoms with Gasteiger partial charge < -0.3 is 14.7 Å². The Morgan fingerprint density at radius 3 is 2.81 bits per heavy atom. The number of nitrogens with one attached hydrogen (secondary N) is 2. The van der Waals surface area contributed by atoms with Crippen LogP contribution in [0.25, 0.3) is 16.6 Å². The molecule has 1 aliphatic rings. The molecule has 2 N–H and O–H groups in total. The molecule has 0 radical (unpaired) electrons. The van der Waals surface area contributed by atoms with E-state index in [1.165, 1.54) is 0 Å². The molecular weight excluding hydrogens is 408 g/mol. The second kappa shape index (κ2) is 8.04. The van der Waals surface area contributed by atoms with Gasteiger partial charge in [0.25, 0.3) is 0 Å². The highest BCUT2D eigenvalue weighted by Gasteiger charge is 2.35. The summed E-state index contributed by atoms with van der Waals surface area (Å²) < 4.78 is 7.03. The average molecular weight is 432 g/mol. The lowest BCUT2D eigenvalue weighted by Crippen LogP contribution is -2.42. The maximum Gasteiger partial charge on any atom is 0.320 e. The summed E-state index contributed by atoms with van der Waals surface area (Å²) in [4.78, 5) is 23.5. The Morgan fingerprint density at radius 2 is 2.03 bits per heavy atom. The van der Waals surface area contributed by atoms with Crippen molar-refractivity contribution >= 4 is 22.8 Å². The van der Waals surface area contributed by atoms with E-state index in [9.17, 15) is 4.79 Å². The van der Waals surface area contributed by atoms with Crippen molar-refractivity contribution in [3.05, 3.63) is 60.0 Å². The normalized spacial score (nSPS) is 18.8. The SMILES string of the molecule is Cc1cc(-n2ncc3cc(NC(=O)N[C@H]4CN(C)C[C@@H]4c4cc(C)on4)ncc32)ccn1. The molecule has 1 fully saturated rings. The molecule has 10 nitrogen and oxygen atoms in total. The summed E-state index contributed by atoms with van der Waals surface area (Å²) in [6.07, 6.45) is 5.21. The molecule has 0 bridgehead atoms. The van der Waals surface area contributed by atoms with Gasteiger partial charge in [-0.2, -0.15) is 5.10 Å². The van der Waals surface area contributed by atoms with E-state index < -0.39 is 0 Å². The van der Waals surface area contributed by atoms with Crippen LogP contribution >= 0.6 is 0 Å². The highest BCUT2D eigenvalue weighted by Crippen LogP contribution is 2.27. The van der Waals surface area contributed by atoms with E-state index in [1.807, 2.05) is 45.2 Å². The molecule has 2 amide bonds. The minimum absolute atomic E-state index is 0.0701. The molecule has 164 valence electrons. The molecule has 4 aromatic heterocycles. The first-order valence-electron chi connectivity index (χ1n) is 10.4. The lowest BCUT2D eigenvalue weighted by Gasteiger charge is -2.18. The van der Waals surface area contributed by atoms with E-state index in [1.54, 1.807) is 23.3 Å². The smallest absolute Gasteiger partial charge is 0.320 e. The van der Waals surface area contributed by atoms with Crippen LogP contribution in [0, 0.1) is 13.8 Å². The number of likely N-dealkylation sites (N-methyl/N-ethyl adjacent to an activating group) is 1. The van der Waals surface area contributed by atoms with Crippen molar-refractivity contribution < 1.29 is 9.32 Å². The zero-order chi connectivity index (χ0) is 22.2. The van der Waals surface area contributed by atoms with Gasteiger partial charge in [-0.3, -0.25) is 10.3 Å². The van der Waals surface area contributed by atoms with E-state index in [4.69, 9.17) is 4.52 Å². The second-order valence-electron chi connectivity index (χ2n) is 8.24. The summed E-state index contributed by atoms with van der Waals surface area (Å²) in [5.74, 6) is 1.29. The Morgan fingerprint density at radius 1 is 1.16 bits per heavy atom. The Balaban J connectivity index is 1.30. The number of anilines is 1. The Hall–Kier alpha value is -3.79. The molecular formula is C22H24N8O2. The molecule has 4 aromatic rings. The first kappa shape index (κ1) is 20.1. The molecule has 5 rings (SSSR count). The number of amides is 2. The van der Waals surface area contributed by atoms with Crippen molar-refractivity contribution in [3.8, 4) is 5.69 Å². The van der Waals surface area contributed by atoms with E-state index >= 15 is 0 Å². The number of likely N-dealkylation sites (tertiary alicyclic amines) is 1. The zero-order valence-electron chi connectivity index (χ0n) is 18.1. The number of aryl methyl sites for hydroxylation is 2. The number of carbonyl (C=O) groups excluding carboxylic acids is 1. The number of hydrogen-bond acceptors (Lipinski definition) is 7. The van der Waals surface area contributed by atoms with Crippen LogP contribution in [0.5, 0.6) is 0 Å². The molecule has 5 heterocycles. The fourth-order valence-corrected chi connectivity index (χ4v) is 4.19. The molecule has 1 saturated heterocycles. The summed E-state index contributed by atoms with van der Waals surface area (Å²) in [6, 6.07) is 7.20. The molecule has 1 aliphatic heterocycles. The van der Waals surface area contributed by atoms with Crippen LogP contribution < -0.4 is 10.6 Å². The quantitative estimate of drug-likeness (QED) is 0.509. The molecule has 2 atom stereocenters. The van der Waals surface area contributed by atoms with Crippen molar-refractivity contribution in [1.29, 1.82) is 0 Å².